The molecule has 8 aromatic carbocycles. The molecule has 0 aliphatic heterocycles. The summed E-state index contributed by atoms with van der Waals surface area (Å²) in [5.74, 6) is -0.224. The van der Waals surface area contributed by atoms with E-state index in [9.17, 15) is 4.39 Å². The third-order valence-corrected chi connectivity index (χ3v) is 10.8. The van der Waals surface area contributed by atoms with Crippen LogP contribution in [-0.2, 0) is 5.41 Å². The number of aromatic nitrogens is 1. The number of nitrogens with zero attached hydrogens (tertiary/aromatic N) is 1. The monoisotopic (exact) mass is 629 g/mol. The lowest BCUT2D eigenvalue weighted by Gasteiger charge is -2.23. The SMILES string of the molecule is CC1(C)c2cc(-c3c4ccccc4c(-c4ccc(F)cc4)c4ccccc34)ccc2-c2cc3c(cc21)c1ccccc1n3-c1ccccc1. The van der Waals surface area contributed by atoms with Gasteiger partial charge in [0.05, 0.1) is 11.0 Å². The van der Waals surface area contributed by atoms with Crippen LogP contribution < -0.4 is 0 Å². The van der Waals surface area contributed by atoms with Crippen molar-refractivity contribution in [1.29, 1.82) is 0 Å². The lowest BCUT2D eigenvalue weighted by atomic mass is 9.80. The first-order valence-electron chi connectivity index (χ1n) is 17.0. The second-order valence-electron chi connectivity index (χ2n) is 13.8. The maximum Gasteiger partial charge on any atom is 0.123 e. The quantitative estimate of drug-likeness (QED) is 0.171. The molecule has 232 valence electrons. The van der Waals surface area contributed by atoms with E-state index in [-0.39, 0.29) is 11.2 Å². The molecule has 1 heterocycles. The third kappa shape index (κ3) is 3.98. The van der Waals surface area contributed by atoms with Gasteiger partial charge in [0.1, 0.15) is 5.82 Å². The summed E-state index contributed by atoms with van der Waals surface area (Å²) in [5, 5.41) is 7.29. The van der Waals surface area contributed by atoms with Gasteiger partial charge >= 0.3 is 0 Å². The van der Waals surface area contributed by atoms with Crippen molar-refractivity contribution < 1.29 is 4.39 Å². The Hall–Kier alpha value is -5.99. The Morgan fingerprint density at radius 3 is 1.61 bits per heavy atom. The largest absolute Gasteiger partial charge is 0.309 e. The Balaban J connectivity index is 1.22. The summed E-state index contributed by atoms with van der Waals surface area (Å²) in [4.78, 5) is 0. The lowest BCUT2D eigenvalue weighted by molar-refractivity contribution is 0.628. The molecule has 49 heavy (non-hydrogen) atoms. The molecule has 1 nitrogen and oxygen atoms in total. The molecule has 10 rings (SSSR count). The van der Waals surface area contributed by atoms with E-state index in [0.717, 1.165) is 11.1 Å². The zero-order valence-corrected chi connectivity index (χ0v) is 27.3. The van der Waals surface area contributed by atoms with E-state index in [2.05, 4.69) is 152 Å². The van der Waals surface area contributed by atoms with Gasteiger partial charge in [-0.3, -0.25) is 0 Å². The molecule has 1 aromatic heterocycles. The van der Waals surface area contributed by atoms with Gasteiger partial charge in [-0.05, 0) is 115 Å². The van der Waals surface area contributed by atoms with Crippen LogP contribution in [0.4, 0.5) is 4.39 Å². The zero-order chi connectivity index (χ0) is 32.9. The lowest BCUT2D eigenvalue weighted by Crippen LogP contribution is -2.15. The molecule has 9 aromatic rings. The first kappa shape index (κ1) is 28.1. The predicted octanol–water partition coefficient (Wildman–Crippen LogP) is 12.9. The summed E-state index contributed by atoms with van der Waals surface area (Å²) in [5.41, 5.74) is 13.4. The third-order valence-electron chi connectivity index (χ3n) is 10.8. The van der Waals surface area contributed by atoms with Crippen molar-refractivity contribution in [2.45, 2.75) is 19.3 Å². The number of para-hydroxylation sites is 2. The average Bonchev–Trinajstić information content (AvgIpc) is 3.58. The van der Waals surface area contributed by atoms with Gasteiger partial charge in [-0.2, -0.15) is 0 Å². The Morgan fingerprint density at radius 1 is 0.429 bits per heavy atom. The highest BCUT2D eigenvalue weighted by atomic mass is 19.1. The first-order chi connectivity index (χ1) is 24.0. The van der Waals surface area contributed by atoms with Crippen molar-refractivity contribution in [3.05, 3.63) is 175 Å². The summed E-state index contributed by atoms with van der Waals surface area (Å²) >= 11 is 0. The number of hydrogen-bond donors (Lipinski definition) is 0. The first-order valence-corrected chi connectivity index (χ1v) is 17.0. The van der Waals surface area contributed by atoms with Crippen molar-refractivity contribution >= 4 is 43.4 Å². The Labute approximate surface area is 284 Å². The minimum absolute atomic E-state index is 0.190. The van der Waals surface area contributed by atoms with Crippen LogP contribution in [0.2, 0.25) is 0 Å². The molecule has 0 atom stereocenters. The molecule has 1 aliphatic carbocycles. The van der Waals surface area contributed by atoms with Gasteiger partial charge in [0.15, 0.2) is 0 Å². The molecule has 0 saturated carbocycles. The molecule has 0 bridgehead atoms. The van der Waals surface area contributed by atoms with E-state index in [1.54, 1.807) is 12.1 Å². The van der Waals surface area contributed by atoms with Crippen molar-refractivity contribution in [3.63, 3.8) is 0 Å². The van der Waals surface area contributed by atoms with Gasteiger partial charge in [0, 0.05) is 21.9 Å². The number of rotatable bonds is 3. The molecular weight excluding hydrogens is 598 g/mol. The second kappa shape index (κ2) is 10.3. The molecule has 0 unspecified atom stereocenters. The smallest absolute Gasteiger partial charge is 0.123 e. The normalized spacial score (nSPS) is 13.4. The molecule has 0 spiro atoms. The Morgan fingerprint density at radius 2 is 0.959 bits per heavy atom. The number of hydrogen-bond acceptors (Lipinski definition) is 0. The fourth-order valence-corrected chi connectivity index (χ4v) is 8.57. The van der Waals surface area contributed by atoms with Crippen LogP contribution in [0.1, 0.15) is 25.0 Å². The van der Waals surface area contributed by atoms with E-state index in [4.69, 9.17) is 0 Å². The number of halogens is 1. The fourth-order valence-electron chi connectivity index (χ4n) is 8.57. The molecule has 0 fully saturated rings. The van der Waals surface area contributed by atoms with Crippen molar-refractivity contribution in [3.8, 4) is 39.1 Å². The average molecular weight is 630 g/mol. The highest BCUT2D eigenvalue weighted by Crippen LogP contribution is 2.53. The van der Waals surface area contributed by atoms with Crippen LogP contribution in [0.3, 0.4) is 0 Å². The molecule has 2 heteroatoms. The summed E-state index contributed by atoms with van der Waals surface area (Å²) < 4.78 is 16.4. The maximum absolute atomic E-state index is 14.0. The van der Waals surface area contributed by atoms with Crippen LogP contribution in [-0.4, -0.2) is 4.57 Å². The minimum Gasteiger partial charge on any atom is -0.309 e. The standard InChI is InChI=1S/C47H32FN/c1-47(2)41-26-30(46-37-17-8-6-15-35(37)45(29-20-23-31(48)24-21-29)36-16-7-9-18-38(36)46)22-25-33(41)39-28-44-40(27-42(39)47)34-14-10-11-19-43(34)49(44)32-12-4-3-5-13-32/h3-28H,1-2H3. The molecule has 0 saturated heterocycles. The summed E-state index contributed by atoms with van der Waals surface area (Å²) in [6.07, 6.45) is 0. The molecular formula is C47H32FN. The number of fused-ring (bicyclic) bond motifs is 8. The van der Waals surface area contributed by atoms with Crippen molar-refractivity contribution in [2.24, 2.45) is 0 Å². The highest BCUT2D eigenvalue weighted by molar-refractivity contribution is 6.21. The summed E-state index contributed by atoms with van der Waals surface area (Å²) in [6.45, 7) is 4.75. The van der Waals surface area contributed by atoms with Gasteiger partial charge in [0.25, 0.3) is 0 Å². The van der Waals surface area contributed by atoms with Gasteiger partial charge in [-0.1, -0.05) is 123 Å². The van der Waals surface area contributed by atoms with Crippen LogP contribution in [0.15, 0.2) is 158 Å². The molecule has 0 radical (unpaired) electrons. The summed E-state index contributed by atoms with van der Waals surface area (Å²) in [6, 6.07) is 55.7. The number of benzene rings is 8. The molecule has 0 amide bonds. The topological polar surface area (TPSA) is 4.93 Å². The van der Waals surface area contributed by atoms with E-state index in [1.165, 1.54) is 82.4 Å². The fraction of sp³-hybridized carbons (Fsp3) is 0.0638. The second-order valence-corrected chi connectivity index (χ2v) is 13.8. The van der Waals surface area contributed by atoms with Gasteiger partial charge in [0.2, 0.25) is 0 Å². The van der Waals surface area contributed by atoms with E-state index < -0.39 is 0 Å². The molecule has 0 N–H and O–H groups in total. The van der Waals surface area contributed by atoms with Gasteiger partial charge < -0.3 is 4.57 Å². The molecule has 1 aliphatic rings. The minimum atomic E-state index is -0.224. The highest BCUT2D eigenvalue weighted by Gasteiger charge is 2.37. The van der Waals surface area contributed by atoms with Gasteiger partial charge in [-0.15, -0.1) is 0 Å². The van der Waals surface area contributed by atoms with Crippen LogP contribution in [0.25, 0.3) is 82.4 Å². The Bertz CT molecular complexity index is 2730. The van der Waals surface area contributed by atoms with E-state index in [1.807, 2.05) is 12.1 Å². The van der Waals surface area contributed by atoms with E-state index >= 15 is 0 Å². The van der Waals surface area contributed by atoms with Crippen LogP contribution in [0, 0.1) is 5.82 Å². The maximum atomic E-state index is 14.0. The van der Waals surface area contributed by atoms with Gasteiger partial charge in [-0.25, -0.2) is 4.39 Å². The van der Waals surface area contributed by atoms with Crippen molar-refractivity contribution in [1.82, 2.24) is 4.57 Å². The zero-order valence-electron chi connectivity index (χ0n) is 27.3. The van der Waals surface area contributed by atoms with E-state index in [0.29, 0.717) is 0 Å². The van der Waals surface area contributed by atoms with Crippen LogP contribution >= 0.6 is 0 Å². The summed E-state index contributed by atoms with van der Waals surface area (Å²) in [7, 11) is 0. The Kier molecular flexibility index (Phi) is 5.87. The van der Waals surface area contributed by atoms with Crippen molar-refractivity contribution in [2.75, 3.05) is 0 Å². The predicted molar refractivity (Wildman–Crippen MR) is 204 cm³/mol. The van der Waals surface area contributed by atoms with Crippen LogP contribution in [0.5, 0.6) is 0 Å².